The quantitative estimate of drug-likeness (QED) is 0.725. The Hall–Kier alpha value is -3.92. The van der Waals surface area contributed by atoms with Gasteiger partial charge in [-0.2, -0.15) is 5.26 Å². The van der Waals surface area contributed by atoms with Gasteiger partial charge in [0, 0.05) is 44.3 Å². The molecule has 1 saturated heterocycles. The zero-order valence-corrected chi connectivity index (χ0v) is 16.7. The molecule has 0 atom stereocenters. The van der Waals surface area contributed by atoms with Crippen molar-refractivity contribution in [2.24, 2.45) is 0 Å². The fraction of sp³-hybridized carbons (Fsp3) is 0.217. The van der Waals surface area contributed by atoms with Crippen LogP contribution in [0.3, 0.4) is 0 Å². The minimum atomic E-state index is -0.0668. The number of carbonyl (C=O) groups is 1. The van der Waals surface area contributed by atoms with Gasteiger partial charge in [0.15, 0.2) is 0 Å². The Labute approximate surface area is 175 Å². The molecule has 1 aliphatic rings. The highest BCUT2D eigenvalue weighted by molar-refractivity contribution is 5.94. The summed E-state index contributed by atoms with van der Waals surface area (Å²) in [5.74, 6) is 0.279. The van der Waals surface area contributed by atoms with Gasteiger partial charge in [-0.15, -0.1) is 0 Å². The van der Waals surface area contributed by atoms with Gasteiger partial charge in [-0.3, -0.25) is 4.79 Å². The Morgan fingerprint density at radius 1 is 1.03 bits per heavy atom. The molecule has 1 fully saturated rings. The van der Waals surface area contributed by atoms with Crippen LogP contribution in [-0.4, -0.2) is 47.0 Å². The first kappa shape index (κ1) is 19.4. The number of piperazine rings is 1. The highest BCUT2D eigenvalue weighted by Gasteiger charge is 2.23. The summed E-state index contributed by atoms with van der Waals surface area (Å²) in [7, 11) is 0. The summed E-state index contributed by atoms with van der Waals surface area (Å²) in [6.45, 7) is 4.98. The van der Waals surface area contributed by atoms with E-state index in [1.54, 1.807) is 18.2 Å². The summed E-state index contributed by atoms with van der Waals surface area (Å²) in [5.41, 5.74) is 4.02. The maximum absolute atomic E-state index is 12.8. The summed E-state index contributed by atoms with van der Waals surface area (Å²) < 4.78 is 0. The van der Waals surface area contributed by atoms with Crippen molar-refractivity contribution in [3.05, 3.63) is 77.6 Å². The molecule has 2 heterocycles. The van der Waals surface area contributed by atoms with E-state index in [9.17, 15) is 10.1 Å². The number of benzene rings is 2. The minimum absolute atomic E-state index is 0.0668. The van der Waals surface area contributed by atoms with Crippen LogP contribution in [0.1, 0.15) is 21.5 Å². The number of aryl methyl sites for hydroxylation is 1. The van der Waals surface area contributed by atoms with E-state index >= 15 is 0 Å². The summed E-state index contributed by atoms with van der Waals surface area (Å²) in [6.07, 6.45) is 3.05. The number of nitrogens with zero attached hydrogens (tertiary/aromatic N) is 5. The third-order valence-corrected chi connectivity index (χ3v) is 5.13. The van der Waals surface area contributed by atoms with Gasteiger partial charge < -0.3 is 15.1 Å². The van der Waals surface area contributed by atoms with E-state index in [1.165, 1.54) is 23.6 Å². The summed E-state index contributed by atoms with van der Waals surface area (Å²) in [4.78, 5) is 25.5. The molecular weight excluding hydrogens is 376 g/mol. The first-order chi connectivity index (χ1) is 14.6. The van der Waals surface area contributed by atoms with E-state index in [0.717, 1.165) is 13.1 Å². The number of para-hydroxylation sites is 1. The maximum atomic E-state index is 12.8. The van der Waals surface area contributed by atoms with Crippen LogP contribution in [0.25, 0.3) is 0 Å². The molecule has 7 nitrogen and oxygen atoms in total. The smallest absolute Gasteiger partial charge is 0.257 e. The van der Waals surface area contributed by atoms with Crippen molar-refractivity contribution in [1.29, 1.82) is 5.26 Å². The van der Waals surface area contributed by atoms with Gasteiger partial charge in [0.25, 0.3) is 5.91 Å². The Balaban J connectivity index is 1.38. The largest absolute Gasteiger partial charge is 0.368 e. The van der Waals surface area contributed by atoms with Gasteiger partial charge in [-0.05, 0) is 36.8 Å². The minimum Gasteiger partial charge on any atom is -0.368 e. The highest BCUT2D eigenvalue weighted by Crippen LogP contribution is 2.20. The lowest BCUT2D eigenvalue weighted by Crippen LogP contribution is -2.48. The first-order valence-corrected chi connectivity index (χ1v) is 9.83. The molecule has 0 spiro atoms. The molecule has 0 radical (unpaired) electrons. The Bertz CT molecular complexity index is 1080. The summed E-state index contributed by atoms with van der Waals surface area (Å²) >= 11 is 0. The number of rotatable bonds is 4. The van der Waals surface area contributed by atoms with Gasteiger partial charge in [0.2, 0.25) is 5.95 Å². The average molecular weight is 398 g/mol. The van der Waals surface area contributed by atoms with Crippen LogP contribution < -0.4 is 10.2 Å². The van der Waals surface area contributed by atoms with Crippen LogP contribution in [-0.2, 0) is 0 Å². The third kappa shape index (κ3) is 4.23. The lowest BCUT2D eigenvalue weighted by atomic mass is 10.2. The van der Waals surface area contributed by atoms with E-state index in [1.807, 2.05) is 11.0 Å². The van der Waals surface area contributed by atoms with E-state index < -0.39 is 0 Å². The van der Waals surface area contributed by atoms with Crippen LogP contribution in [0.5, 0.6) is 0 Å². The van der Waals surface area contributed by atoms with E-state index in [4.69, 9.17) is 0 Å². The maximum Gasteiger partial charge on any atom is 0.257 e. The number of nitrogens with one attached hydrogen (secondary N) is 1. The molecule has 0 bridgehead atoms. The van der Waals surface area contributed by atoms with E-state index in [0.29, 0.717) is 35.9 Å². The molecule has 1 aliphatic heterocycles. The van der Waals surface area contributed by atoms with Crippen molar-refractivity contribution < 1.29 is 4.79 Å². The predicted octanol–water partition coefficient (Wildman–Crippen LogP) is 3.36. The standard InChI is InChI=1S/C23H22N6O/c1-17-5-4-7-20(13-17)28-9-11-29(12-10-28)22(30)19-15-25-23(26-16-19)27-21-8-3-2-6-18(21)14-24/h2-8,13,15-16H,9-12H2,1H3,(H,25,26,27). The van der Waals surface area contributed by atoms with Crippen LogP contribution >= 0.6 is 0 Å². The van der Waals surface area contributed by atoms with Gasteiger partial charge in [-0.1, -0.05) is 24.3 Å². The zero-order chi connectivity index (χ0) is 20.9. The van der Waals surface area contributed by atoms with Crippen molar-refractivity contribution in [3.8, 4) is 6.07 Å². The molecule has 2 aromatic carbocycles. The predicted molar refractivity (Wildman–Crippen MR) is 116 cm³/mol. The summed E-state index contributed by atoms with van der Waals surface area (Å²) in [5, 5.41) is 12.2. The third-order valence-electron chi connectivity index (χ3n) is 5.13. The van der Waals surface area contributed by atoms with Crippen LogP contribution in [0, 0.1) is 18.3 Å². The molecule has 7 heteroatoms. The molecule has 30 heavy (non-hydrogen) atoms. The van der Waals surface area contributed by atoms with Crippen LogP contribution in [0.4, 0.5) is 17.3 Å². The monoisotopic (exact) mass is 398 g/mol. The van der Waals surface area contributed by atoms with Crippen LogP contribution in [0.2, 0.25) is 0 Å². The SMILES string of the molecule is Cc1cccc(N2CCN(C(=O)c3cnc(Nc4ccccc4C#N)nc3)CC2)c1. The number of hydrogen-bond acceptors (Lipinski definition) is 6. The zero-order valence-electron chi connectivity index (χ0n) is 16.7. The number of anilines is 3. The molecule has 4 rings (SSSR count). The normalized spacial score (nSPS) is 13.6. The van der Waals surface area contributed by atoms with Crippen molar-refractivity contribution in [1.82, 2.24) is 14.9 Å². The Kier molecular flexibility index (Phi) is 5.57. The highest BCUT2D eigenvalue weighted by atomic mass is 16.2. The number of carbonyl (C=O) groups excluding carboxylic acids is 1. The lowest BCUT2D eigenvalue weighted by molar-refractivity contribution is 0.0746. The van der Waals surface area contributed by atoms with Gasteiger partial charge >= 0.3 is 0 Å². The topological polar surface area (TPSA) is 85.1 Å². The van der Waals surface area contributed by atoms with Gasteiger partial charge in [-0.25, -0.2) is 9.97 Å². The summed E-state index contributed by atoms with van der Waals surface area (Å²) in [6, 6.07) is 17.7. The van der Waals surface area contributed by atoms with Gasteiger partial charge in [0.1, 0.15) is 6.07 Å². The van der Waals surface area contributed by atoms with Gasteiger partial charge in [0.05, 0.1) is 16.8 Å². The number of nitriles is 1. The molecule has 1 N–H and O–H groups in total. The molecule has 3 aromatic rings. The Morgan fingerprint density at radius 2 is 1.77 bits per heavy atom. The average Bonchev–Trinajstić information content (AvgIpc) is 2.79. The Morgan fingerprint density at radius 3 is 2.47 bits per heavy atom. The molecule has 0 saturated carbocycles. The van der Waals surface area contributed by atoms with Crippen LogP contribution in [0.15, 0.2) is 60.9 Å². The molecule has 0 unspecified atom stereocenters. The van der Waals surface area contributed by atoms with Crippen molar-refractivity contribution in [2.45, 2.75) is 6.92 Å². The second kappa shape index (κ2) is 8.62. The number of aromatic nitrogens is 2. The number of hydrogen-bond donors (Lipinski definition) is 1. The number of amides is 1. The second-order valence-corrected chi connectivity index (χ2v) is 7.20. The molecular formula is C23H22N6O. The molecule has 1 aromatic heterocycles. The lowest BCUT2D eigenvalue weighted by Gasteiger charge is -2.36. The van der Waals surface area contributed by atoms with Crippen molar-refractivity contribution >= 4 is 23.2 Å². The fourth-order valence-electron chi connectivity index (χ4n) is 3.49. The van der Waals surface area contributed by atoms with Crippen molar-refractivity contribution in [2.75, 3.05) is 36.4 Å². The molecule has 1 amide bonds. The second-order valence-electron chi connectivity index (χ2n) is 7.20. The first-order valence-electron chi connectivity index (χ1n) is 9.83. The fourth-order valence-corrected chi connectivity index (χ4v) is 3.49. The molecule has 0 aliphatic carbocycles. The van der Waals surface area contributed by atoms with E-state index in [2.05, 4.69) is 57.4 Å². The molecule has 150 valence electrons. The van der Waals surface area contributed by atoms with Crippen molar-refractivity contribution in [3.63, 3.8) is 0 Å². The van der Waals surface area contributed by atoms with E-state index in [-0.39, 0.29) is 5.91 Å².